The number of carboxylic acid groups (broad SMARTS) is 1. The average molecular weight is 260 g/mol. The van der Waals surface area contributed by atoms with E-state index in [-0.39, 0.29) is 17.6 Å². The molecule has 1 saturated heterocycles. The molecule has 1 fully saturated rings. The first kappa shape index (κ1) is 13.8. The number of hydrogen-bond acceptors (Lipinski definition) is 4. The van der Waals surface area contributed by atoms with Crippen molar-refractivity contribution >= 4 is 28.9 Å². The lowest BCUT2D eigenvalue weighted by molar-refractivity contribution is -0.146. The Balaban J connectivity index is 2.35. The number of thioether (sulfide) groups is 1. The van der Waals surface area contributed by atoms with Gasteiger partial charge >= 0.3 is 5.97 Å². The van der Waals surface area contributed by atoms with Gasteiger partial charge in [-0.3, -0.25) is 9.59 Å². The highest BCUT2D eigenvalue weighted by Crippen LogP contribution is 2.17. The average Bonchev–Trinajstić information content (AvgIpc) is 2.60. The van der Waals surface area contributed by atoms with Crippen molar-refractivity contribution in [1.82, 2.24) is 10.2 Å². The van der Waals surface area contributed by atoms with Gasteiger partial charge in [0.1, 0.15) is 5.54 Å². The third-order valence-corrected chi connectivity index (χ3v) is 3.33. The first-order chi connectivity index (χ1) is 7.83. The maximum absolute atomic E-state index is 11.5. The minimum absolute atomic E-state index is 0.0182. The minimum atomic E-state index is -1.28. The summed E-state index contributed by atoms with van der Waals surface area (Å²) in [5, 5.41) is 11.2. The van der Waals surface area contributed by atoms with Crippen molar-refractivity contribution in [3.8, 4) is 0 Å². The Kier molecular flexibility index (Phi) is 4.39. The number of nitrogens with zero attached hydrogens (tertiary/aromatic N) is 1. The van der Waals surface area contributed by atoms with Crippen molar-refractivity contribution in [3.63, 3.8) is 0 Å². The summed E-state index contributed by atoms with van der Waals surface area (Å²) >= 11 is 1.24. The second kappa shape index (κ2) is 5.39. The molecule has 96 valence electrons. The third-order valence-electron chi connectivity index (χ3n) is 2.44. The van der Waals surface area contributed by atoms with Gasteiger partial charge in [-0.05, 0) is 13.8 Å². The fourth-order valence-electron chi connectivity index (χ4n) is 1.33. The molecule has 17 heavy (non-hydrogen) atoms. The van der Waals surface area contributed by atoms with Crippen LogP contribution in [0.2, 0.25) is 0 Å². The fraction of sp³-hybridized carbons (Fsp3) is 0.700. The van der Waals surface area contributed by atoms with Crippen molar-refractivity contribution in [2.45, 2.75) is 25.8 Å². The molecule has 0 aromatic heterocycles. The topological polar surface area (TPSA) is 86.7 Å². The van der Waals surface area contributed by atoms with Crippen LogP contribution in [0.15, 0.2) is 0 Å². The zero-order valence-electron chi connectivity index (χ0n) is 9.86. The van der Waals surface area contributed by atoms with Crippen molar-refractivity contribution in [1.29, 1.82) is 0 Å². The molecule has 0 aromatic rings. The lowest BCUT2D eigenvalue weighted by atomic mass is 10.1. The normalized spacial score (nSPS) is 16.1. The van der Waals surface area contributed by atoms with E-state index < -0.39 is 11.5 Å². The number of carbonyl (C=O) groups is 3. The molecule has 0 unspecified atom stereocenters. The van der Waals surface area contributed by atoms with Crippen LogP contribution in [-0.4, -0.2) is 51.5 Å². The Morgan fingerprint density at radius 2 is 2.18 bits per heavy atom. The van der Waals surface area contributed by atoms with Crippen molar-refractivity contribution < 1.29 is 19.5 Å². The molecule has 1 heterocycles. The summed E-state index contributed by atoms with van der Waals surface area (Å²) in [4.78, 5) is 35.1. The zero-order chi connectivity index (χ0) is 13.1. The molecule has 2 N–H and O–H groups in total. The van der Waals surface area contributed by atoms with E-state index in [2.05, 4.69) is 5.32 Å². The predicted molar refractivity (Wildman–Crippen MR) is 63.9 cm³/mol. The Labute approximate surface area is 104 Å². The van der Waals surface area contributed by atoms with E-state index in [4.69, 9.17) is 5.11 Å². The highest BCUT2D eigenvalue weighted by molar-refractivity contribution is 8.13. The van der Waals surface area contributed by atoms with Crippen molar-refractivity contribution in [2.75, 3.05) is 18.8 Å². The Morgan fingerprint density at radius 3 is 2.65 bits per heavy atom. The van der Waals surface area contributed by atoms with Crippen LogP contribution in [0.25, 0.3) is 0 Å². The van der Waals surface area contributed by atoms with Gasteiger partial charge in [-0.15, -0.1) is 0 Å². The quantitative estimate of drug-likeness (QED) is 0.752. The monoisotopic (exact) mass is 260 g/mol. The number of hydrogen-bond donors (Lipinski definition) is 2. The van der Waals surface area contributed by atoms with Crippen LogP contribution in [0.3, 0.4) is 0 Å². The van der Waals surface area contributed by atoms with Gasteiger partial charge in [-0.25, -0.2) is 4.79 Å². The van der Waals surface area contributed by atoms with Gasteiger partial charge in [0.2, 0.25) is 5.91 Å². The zero-order valence-corrected chi connectivity index (χ0v) is 10.7. The molecule has 6 nitrogen and oxygen atoms in total. The largest absolute Gasteiger partial charge is 0.480 e. The first-order valence-corrected chi connectivity index (χ1v) is 6.27. The lowest BCUT2D eigenvalue weighted by Gasteiger charge is -2.22. The van der Waals surface area contributed by atoms with Gasteiger partial charge in [0.25, 0.3) is 5.24 Å². The molecule has 0 aromatic carbocycles. The van der Waals surface area contributed by atoms with Crippen LogP contribution in [-0.2, 0) is 9.59 Å². The molecule has 0 bridgehead atoms. The molecular weight excluding hydrogens is 244 g/mol. The van der Waals surface area contributed by atoms with Gasteiger partial charge in [0.05, 0.1) is 0 Å². The smallest absolute Gasteiger partial charge is 0.328 e. The Morgan fingerprint density at radius 1 is 1.53 bits per heavy atom. The summed E-state index contributed by atoms with van der Waals surface area (Å²) in [6.07, 6.45) is 0.128. The molecule has 0 atom stereocenters. The SMILES string of the molecule is CC(C)(NC(=O)CCN1CCSC1=O)C(=O)O. The van der Waals surface area contributed by atoms with E-state index in [1.165, 1.54) is 25.6 Å². The highest BCUT2D eigenvalue weighted by atomic mass is 32.2. The number of carboxylic acids is 1. The van der Waals surface area contributed by atoms with Crippen molar-refractivity contribution in [3.05, 3.63) is 0 Å². The molecular formula is C10H16N2O4S. The molecule has 1 rings (SSSR count). The number of amides is 2. The summed E-state index contributed by atoms with van der Waals surface area (Å²) in [6.45, 7) is 3.83. The van der Waals surface area contributed by atoms with Crippen LogP contribution < -0.4 is 5.32 Å². The second-order valence-corrected chi connectivity index (χ2v) is 5.38. The molecule has 0 radical (unpaired) electrons. The number of aliphatic carboxylic acids is 1. The van der Waals surface area contributed by atoms with Crippen LogP contribution >= 0.6 is 11.8 Å². The Hall–Kier alpha value is -1.24. The van der Waals surface area contributed by atoms with E-state index in [1.54, 1.807) is 4.90 Å². The lowest BCUT2D eigenvalue weighted by Crippen LogP contribution is -2.50. The number of nitrogens with one attached hydrogen (secondary N) is 1. The van der Waals surface area contributed by atoms with E-state index in [1.807, 2.05) is 0 Å². The standard InChI is InChI=1S/C10H16N2O4S/c1-10(2,8(14)15)11-7(13)3-4-12-5-6-17-9(12)16/h3-6H2,1-2H3,(H,11,13)(H,14,15). The maximum Gasteiger partial charge on any atom is 0.328 e. The molecule has 0 saturated carbocycles. The van der Waals surface area contributed by atoms with E-state index in [0.717, 1.165) is 5.75 Å². The molecule has 7 heteroatoms. The fourth-order valence-corrected chi connectivity index (χ4v) is 2.18. The Bertz CT molecular complexity index is 343. The summed E-state index contributed by atoms with van der Waals surface area (Å²) in [7, 11) is 0. The van der Waals surface area contributed by atoms with Crippen LogP contribution in [0.1, 0.15) is 20.3 Å². The van der Waals surface area contributed by atoms with Gasteiger partial charge in [-0.2, -0.15) is 0 Å². The molecule has 0 aliphatic carbocycles. The molecule has 1 aliphatic heterocycles. The number of rotatable bonds is 5. The molecule has 1 aliphatic rings. The van der Waals surface area contributed by atoms with Gasteiger partial charge in [0, 0.05) is 25.3 Å². The summed E-state index contributed by atoms with van der Waals surface area (Å²) < 4.78 is 0. The van der Waals surface area contributed by atoms with Gasteiger partial charge in [-0.1, -0.05) is 11.8 Å². The van der Waals surface area contributed by atoms with Gasteiger partial charge < -0.3 is 15.3 Å². The van der Waals surface area contributed by atoms with E-state index in [0.29, 0.717) is 13.1 Å². The van der Waals surface area contributed by atoms with Crippen LogP contribution in [0.4, 0.5) is 4.79 Å². The van der Waals surface area contributed by atoms with Crippen molar-refractivity contribution in [2.24, 2.45) is 0 Å². The maximum atomic E-state index is 11.5. The van der Waals surface area contributed by atoms with E-state index in [9.17, 15) is 14.4 Å². The summed E-state index contributed by atoms with van der Waals surface area (Å²) in [5.74, 6) is -0.693. The van der Waals surface area contributed by atoms with Gasteiger partial charge in [0.15, 0.2) is 0 Å². The highest BCUT2D eigenvalue weighted by Gasteiger charge is 2.29. The van der Waals surface area contributed by atoms with E-state index >= 15 is 0 Å². The first-order valence-electron chi connectivity index (χ1n) is 5.29. The minimum Gasteiger partial charge on any atom is -0.480 e. The second-order valence-electron chi connectivity index (χ2n) is 4.33. The number of carbonyl (C=O) groups excluding carboxylic acids is 2. The predicted octanol–water partition coefficient (Wildman–Crippen LogP) is 0.525. The molecule has 0 spiro atoms. The summed E-state index contributed by atoms with van der Waals surface area (Å²) in [6, 6.07) is 0. The summed E-state index contributed by atoms with van der Waals surface area (Å²) in [5.41, 5.74) is -1.28. The van der Waals surface area contributed by atoms with Crippen LogP contribution in [0.5, 0.6) is 0 Å². The third kappa shape index (κ3) is 3.92. The van der Waals surface area contributed by atoms with Crippen LogP contribution in [0, 0.1) is 0 Å². The molecule has 2 amide bonds.